The van der Waals surface area contributed by atoms with Gasteiger partial charge in [-0.15, -0.1) is 0 Å². The van der Waals surface area contributed by atoms with Crippen molar-refractivity contribution in [1.29, 1.82) is 0 Å². The third-order valence-corrected chi connectivity index (χ3v) is 3.13. The average molecular weight is 274 g/mol. The van der Waals surface area contributed by atoms with Gasteiger partial charge in [0.1, 0.15) is 10.8 Å². The Morgan fingerprint density at radius 2 is 1.89 bits per heavy atom. The van der Waals surface area contributed by atoms with Crippen LogP contribution in [0.25, 0.3) is 0 Å². The summed E-state index contributed by atoms with van der Waals surface area (Å²) >= 11 is 4.84. The molecule has 2 N–H and O–H groups in total. The normalized spacial score (nSPS) is 10.2. The topological polar surface area (TPSA) is 29.3 Å². The fourth-order valence-corrected chi connectivity index (χ4v) is 2.06. The molecule has 0 aliphatic carbocycles. The minimum Gasteiger partial charge on any atom is -0.389 e. The quantitative estimate of drug-likeness (QED) is 0.869. The highest BCUT2D eigenvalue weighted by atomic mass is 32.1. The number of thiocarbonyl (C=S) groups is 1. The van der Waals surface area contributed by atoms with Gasteiger partial charge in [0.15, 0.2) is 0 Å². The Labute approximate surface area is 117 Å². The summed E-state index contributed by atoms with van der Waals surface area (Å²) in [6.45, 7) is 0.667. The van der Waals surface area contributed by atoms with E-state index in [9.17, 15) is 4.39 Å². The summed E-state index contributed by atoms with van der Waals surface area (Å²) in [5.41, 5.74) is 7.87. The van der Waals surface area contributed by atoms with Crippen molar-refractivity contribution in [1.82, 2.24) is 0 Å². The molecule has 2 nitrogen and oxygen atoms in total. The molecule has 0 unspecified atom stereocenters. The summed E-state index contributed by atoms with van der Waals surface area (Å²) in [5.74, 6) is -0.376. The van der Waals surface area contributed by atoms with Gasteiger partial charge in [0.05, 0.1) is 0 Å². The van der Waals surface area contributed by atoms with Gasteiger partial charge in [-0.25, -0.2) is 4.39 Å². The fraction of sp³-hybridized carbons (Fsp3) is 0.133. The first kappa shape index (κ1) is 13.5. The van der Waals surface area contributed by atoms with Crippen LogP contribution in [0.1, 0.15) is 11.1 Å². The number of para-hydroxylation sites is 1. The third kappa shape index (κ3) is 3.29. The van der Waals surface area contributed by atoms with Crippen molar-refractivity contribution in [2.45, 2.75) is 6.54 Å². The van der Waals surface area contributed by atoms with E-state index in [0.29, 0.717) is 12.1 Å². The predicted molar refractivity (Wildman–Crippen MR) is 80.8 cm³/mol. The van der Waals surface area contributed by atoms with Crippen LogP contribution in [0, 0.1) is 5.82 Å². The smallest absolute Gasteiger partial charge is 0.133 e. The number of anilines is 1. The van der Waals surface area contributed by atoms with E-state index in [1.54, 1.807) is 12.1 Å². The highest BCUT2D eigenvalue weighted by Crippen LogP contribution is 2.17. The second-order valence-electron chi connectivity index (χ2n) is 4.37. The van der Waals surface area contributed by atoms with Crippen LogP contribution < -0.4 is 10.6 Å². The molecule has 0 bridgehead atoms. The van der Waals surface area contributed by atoms with Gasteiger partial charge >= 0.3 is 0 Å². The van der Waals surface area contributed by atoms with Crippen molar-refractivity contribution >= 4 is 22.9 Å². The Kier molecular flexibility index (Phi) is 4.12. The molecule has 0 aromatic heterocycles. The van der Waals surface area contributed by atoms with Crippen molar-refractivity contribution in [3.63, 3.8) is 0 Å². The van der Waals surface area contributed by atoms with Gasteiger partial charge in [-0.05, 0) is 29.8 Å². The molecule has 19 heavy (non-hydrogen) atoms. The van der Waals surface area contributed by atoms with Crippen LogP contribution in [0.3, 0.4) is 0 Å². The number of hydrogen-bond acceptors (Lipinski definition) is 2. The Hall–Kier alpha value is -1.94. The number of benzene rings is 2. The SMILES string of the molecule is CN(Cc1ccc(F)c(C(N)=S)c1)c1ccccc1. The minimum atomic E-state index is -0.376. The van der Waals surface area contributed by atoms with E-state index in [2.05, 4.69) is 4.90 Å². The second kappa shape index (κ2) is 5.80. The lowest BCUT2D eigenvalue weighted by Gasteiger charge is -2.19. The molecule has 0 spiro atoms. The maximum absolute atomic E-state index is 13.5. The number of rotatable bonds is 4. The monoisotopic (exact) mass is 274 g/mol. The number of nitrogens with two attached hydrogens (primary N) is 1. The van der Waals surface area contributed by atoms with E-state index >= 15 is 0 Å². The zero-order valence-corrected chi connectivity index (χ0v) is 11.5. The Morgan fingerprint density at radius 3 is 2.53 bits per heavy atom. The predicted octanol–water partition coefficient (Wildman–Crippen LogP) is 3.10. The molecule has 2 aromatic carbocycles. The lowest BCUT2D eigenvalue weighted by atomic mass is 10.1. The van der Waals surface area contributed by atoms with Crippen molar-refractivity contribution < 1.29 is 4.39 Å². The van der Waals surface area contributed by atoms with E-state index in [1.807, 2.05) is 37.4 Å². The molecule has 0 atom stereocenters. The Balaban J connectivity index is 2.20. The first-order valence-electron chi connectivity index (χ1n) is 5.92. The van der Waals surface area contributed by atoms with Gasteiger partial charge in [0.25, 0.3) is 0 Å². The van der Waals surface area contributed by atoms with E-state index < -0.39 is 0 Å². The molecular weight excluding hydrogens is 259 g/mol. The highest BCUT2D eigenvalue weighted by Gasteiger charge is 2.08. The largest absolute Gasteiger partial charge is 0.389 e. The van der Waals surface area contributed by atoms with Crippen molar-refractivity contribution in [2.75, 3.05) is 11.9 Å². The zero-order valence-electron chi connectivity index (χ0n) is 10.6. The molecule has 0 aliphatic heterocycles. The Bertz CT molecular complexity index is 584. The molecule has 0 saturated carbocycles. The molecule has 0 amide bonds. The molecule has 2 rings (SSSR count). The lowest BCUT2D eigenvalue weighted by molar-refractivity contribution is 0.624. The van der Waals surface area contributed by atoms with Gasteiger partial charge in [0.2, 0.25) is 0 Å². The van der Waals surface area contributed by atoms with E-state index in [-0.39, 0.29) is 10.8 Å². The molecule has 2 aromatic rings. The van der Waals surface area contributed by atoms with Crippen molar-refractivity contribution in [3.8, 4) is 0 Å². The summed E-state index contributed by atoms with van der Waals surface area (Å²) in [6.07, 6.45) is 0. The van der Waals surface area contributed by atoms with E-state index in [1.165, 1.54) is 6.07 Å². The third-order valence-electron chi connectivity index (χ3n) is 2.91. The zero-order chi connectivity index (χ0) is 13.8. The first-order chi connectivity index (χ1) is 9.08. The minimum absolute atomic E-state index is 0.0849. The van der Waals surface area contributed by atoms with Crippen LogP contribution in [0.5, 0.6) is 0 Å². The van der Waals surface area contributed by atoms with Crippen LogP contribution in [0.4, 0.5) is 10.1 Å². The molecule has 0 fully saturated rings. The maximum Gasteiger partial charge on any atom is 0.133 e. The molecule has 0 aliphatic rings. The van der Waals surface area contributed by atoms with E-state index in [4.69, 9.17) is 18.0 Å². The van der Waals surface area contributed by atoms with Gasteiger partial charge in [-0.3, -0.25) is 0 Å². The molecule has 0 saturated heterocycles. The van der Waals surface area contributed by atoms with Crippen LogP contribution in [0.15, 0.2) is 48.5 Å². The lowest BCUT2D eigenvalue weighted by Crippen LogP contribution is -2.17. The first-order valence-corrected chi connectivity index (χ1v) is 6.33. The second-order valence-corrected chi connectivity index (χ2v) is 4.81. The van der Waals surface area contributed by atoms with Crippen LogP contribution in [-0.4, -0.2) is 12.0 Å². The van der Waals surface area contributed by atoms with Gasteiger partial charge in [-0.1, -0.05) is 36.5 Å². The van der Waals surface area contributed by atoms with Crippen LogP contribution in [0.2, 0.25) is 0 Å². The summed E-state index contributed by atoms with van der Waals surface area (Å²) < 4.78 is 13.5. The van der Waals surface area contributed by atoms with Crippen molar-refractivity contribution in [3.05, 3.63) is 65.5 Å². The fourth-order valence-electron chi connectivity index (χ4n) is 1.91. The van der Waals surface area contributed by atoms with Crippen LogP contribution >= 0.6 is 12.2 Å². The van der Waals surface area contributed by atoms with Gasteiger partial charge in [-0.2, -0.15) is 0 Å². The molecule has 0 heterocycles. The van der Waals surface area contributed by atoms with Gasteiger partial charge < -0.3 is 10.6 Å². The number of hydrogen-bond donors (Lipinski definition) is 1. The molecule has 4 heteroatoms. The molecular formula is C15H15FN2S. The van der Waals surface area contributed by atoms with E-state index in [0.717, 1.165) is 11.3 Å². The number of halogens is 1. The summed E-state index contributed by atoms with van der Waals surface area (Å²) in [4.78, 5) is 2.16. The summed E-state index contributed by atoms with van der Waals surface area (Å²) in [7, 11) is 1.99. The molecule has 0 radical (unpaired) electrons. The summed E-state index contributed by atoms with van der Waals surface area (Å²) in [6, 6.07) is 14.8. The maximum atomic E-state index is 13.5. The Morgan fingerprint density at radius 1 is 1.21 bits per heavy atom. The van der Waals surface area contributed by atoms with Gasteiger partial charge in [0, 0.05) is 24.8 Å². The standard InChI is InChI=1S/C15H15FN2S/c1-18(12-5-3-2-4-6-12)10-11-7-8-14(16)13(9-11)15(17)19/h2-9H,10H2,1H3,(H2,17,19). The summed E-state index contributed by atoms with van der Waals surface area (Å²) in [5, 5.41) is 0. The molecule has 98 valence electrons. The average Bonchev–Trinajstić information content (AvgIpc) is 2.41. The highest BCUT2D eigenvalue weighted by molar-refractivity contribution is 7.80. The van der Waals surface area contributed by atoms with Crippen molar-refractivity contribution in [2.24, 2.45) is 5.73 Å². The van der Waals surface area contributed by atoms with Crippen LogP contribution in [-0.2, 0) is 6.54 Å². The number of nitrogens with zero attached hydrogens (tertiary/aromatic N) is 1.